The Hall–Kier alpha value is -1.85. The highest BCUT2D eigenvalue weighted by molar-refractivity contribution is 5.98. The van der Waals surface area contributed by atoms with Crippen LogP contribution in [0.3, 0.4) is 0 Å². The Balaban J connectivity index is 2.09. The number of aliphatic hydroxyl groups excluding tert-OH is 1. The van der Waals surface area contributed by atoms with Crippen molar-refractivity contribution >= 4 is 16.8 Å². The first-order valence-corrected chi connectivity index (χ1v) is 6.23. The van der Waals surface area contributed by atoms with Gasteiger partial charge in [0.05, 0.1) is 12.6 Å². The number of H-pyrrole nitrogens is 1. The fourth-order valence-electron chi connectivity index (χ4n) is 2.01. The summed E-state index contributed by atoms with van der Waals surface area (Å²) in [6.45, 7) is 0.396. The molecule has 2 aromatic rings. The average molecular weight is 262 g/mol. The molecule has 0 aliphatic rings. The van der Waals surface area contributed by atoms with Gasteiger partial charge < -0.3 is 20.1 Å². The number of rotatable bonds is 6. The van der Waals surface area contributed by atoms with Gasteiger partial charge in [-0.1, -0.05) is 18.2 Å². The first-order chi connectivity index (χ1) is 9.24. The topological polar surface area (TPSA) is 74.3 Å². The fourth-order valence-corrected chi connectivity index (χ4v) is 2.01. The molecule has 0 aliphatic heterocycles. The first kappa shape index (κ1) is 13.6. The van der Waals surface area contributed by atoms with Crippen LogP contribution in [0.2, 0.25) is 0 Å². The molecule has 1 unspecified atom stereocenters. The second kappa shape index (κ2) is 6.36. The van der Waals surface area contributed by atoms with Crippen LogP contribution in [0.5, 0.6) is 0 Å². The molecule has 1 amide bonds. The van der Waals surface area contributed by atoms with Crippen molar-refractivity contribution in [3.8, 4) is 0 Å². The minimum absolute atomic E-state index is 0.0149. The summed E-state index contributed by atoms with van der Waals surface area (Å²) in [5, 5.41) is 12.8. The zero-order valence-electron chi connectivity index (χ0n) is 10.8. The van der Waals surface area contributed by atoms with Gasteiger partial charge in [0, 0.05) is 24.6 Å². The third-order valence-corrected chi connectivity index (χ3v) is 2.96. The monoisotopic (exact) mass is 262 g/mol. The van der Waals surface area contributed by atoms with Crippen LogP contribution in [-0.4, -0.2) is 42.4 Å². The number of benzene rings is 1. The van der Waals surface area contributed by atoms with Crippen LogP contribution < -0.4 is 5.32 Å². The van der Waals surface area contributed by atoms with Crippen molar-refractivity contribution in [2.45, 2.75) is 12.5 Å². The number of hydrogen-bond donors (Lipinski definition) is 3. The van der Waals surface area contributed by atoms with Gasteiger partial charge in [-0.05, 0) is 18.6 Å². The van der Waals surface area contributed by atoms with Crippen molar-refractivity contribution in [3.05, 3.63) is 36.0 Å². The lowest BCUT2D eigenvalue weighted by atomic mass is 10.2. The van der Waals surface area contributed by atoms with Crippen molar-refractivity contribution in [2.24, 2.45) is 0 Å². The zero-order valence-corrected chi connectivity index (χ0v) is 10.8. The Morgan fingerprint density at radius 1 is 1.47 bits per heavy atom. The number of methoxy groups -OCH3 is 1. The maximum atomic E-state index is 12.1. The molecule has 19 heavy (non-hydrogen) atoms. The van der Waals surface area contributed by atoms with Gasteiger partial charge in [-0.25, -0.2) is 0 Å². The summed E-state index contributed by atoms with van der Waals surface area (Å²) >= 11 is 0. The third kappa shape index (κ3) is 3.33. The van der Waals surface area contributed by atoms with E-state index in [1.54, 1.807) is 7.11 Å². The molecule has 1 heterocycles. The molecule has 1 aromatic heterocycles. The third-order valence-electron chi connectivity index (χ3n) is 2.96. The van der Waals surface area contributed by atoms with Crippen LogP contribution in [0, 0.1) is 0 Å². The van der Waals surface area contributed by atoms with Gasteiger partial charge in [-0.3, -0.25) is 4.79 Å². The lowest BCUT2D eigenvalue weighted by Crippen LogP contribution is -2.38. The summed E-state index contributed by atoms with van der Waals surface area (Å²) in [6.07, 6.45) is 0.472. The number of fused-ring (bicyclic) bond motifs is 1. The van der Waals surface area contributed by atoms with E-state index in [0.29, 0.717) is 18.7 Å². The molecule has 0 saturated carbocycles. The highest BCUT2D eigenvalue weighted by Gasteiger charge is 2.14. The van der Waals surface area contributed by atoms with Gasteiger partial charge in [0.2, 0.25) is 0 Å². The number of aliphatic hydroxyl groups is 1. The Kier molecular flexibility index (Phi) is 4.54. The molecule has 0 spiro atoms. The molecule has 1 atom stereocenters. The molecular formula is C14H18N2O3. The first-order valence-electron chi connectivity index (χ1n) is 6.23. The van der Waals surface area contributed by atoms with Crippen LogP contribution in [0.25, 0.3) is 10.9 Å². The number of carbonyl (C=O) groups is 1. The van der Waals surface area contributed by atoms with E-state index in [1.165, 1.54) is 0 Å². The second-order valence-electron chi connectivity index (χ2n) is 4.41. The van der Waals surface area contributed by atoms with Gasteiger partial charge in [-0.15, -0.1) is 0 Å². The molecule has 102 valence electrons. The van der Waals surface area contributed by atoms with Crippen LogP contribution in [0.4, 0.5) is 0 Å². The van der Waals surface area contributed by atoms with Crippen molar-refractivity contribution in [1.82, 2.24) is 10.3 Å². The number of aromatic nitrogens is 1. The highest BCUT2D eigenvalue weighted by atomic mass is 16.5. The summed E-state index contributed by atoms with van der Waals surface area (Å²) in [4.78, 5) is 15.2. The summed E-state index contributed by atoms with van der Waals surface area (Å²) in [7, 11) is 1.57. The second-order valence-corrected chi connectivity index (χ2v) is 4.41. The predicted octanol–water partition coefficient (Wildman–Crippen LogP) is 1.30. The molecule has 5 nitrogen and oxygen atoms in total. The van der Waals surface area contributed by atoms with E-state index in [4.69, 9.17) is 9.84 Å². The minimum atomic E-state index is -0.188. The zero-order chi connectivity index (χ0) is 13.7. The maximum Gasteiger partial charge on any atom is 0.268 e. The summed E-state index contributed by atoms with van der Waals surface area (Å²) in [5.41, 5.74) is 1.44. The van der Waals surface area contributed by atoms with Gasteiger partial charge in [-0.2, -0.15) is 0 Å². The quantitative estimate of drug-likeness (QED) is 0.734. The van der Waals surface area contributed by atoms with Crippen molar-refractivity contribution in [3.63, 3.8) is 0 Å². The van der Waals surface area contributed by atoms with E-state index in [-0.39, 0.29) is 18.6 Å². The molecule has 0 bridgehead atoms. The Bertz CT molecular complexity index is 511. The molecule has 0 radical (unpaired) electrons. The van der Waals surface area contributed by atoms with Crippen molar-refractivity contribution in [2.75, 3.05) is 20.3 Å². The number of carbonyl (C=O) groups excluding carboxylic acids is 1. The summed E-state index contributed by atoms with van der Waals surface area (Å²) in [5.74, 6) is -0.188. The molecule has 3 N–H and O–H groups in total. The molecule has 0 fully saturated rings. The van der Waals surface area contributed by atoms with Crippen LogP contribution in [-0.2, 0) is 4.74 Å². The lowest BCUT2D eigenvalue weighted by Gasteiger charge is -2.16. The van der Waals surface area contributed by atoms with E-state index < -0.39 is 0 Å². The molecule has 5 heteroatoms. The number of aromatic amines is 1. The number of amides is 1. The standard InChI is InChI=1S/C14H18N2O3/c1-19-9-11(6-7-17)15-14(18)13-8-10-4-2-3-5-12(10)16-13/h2-5,8,11,16-17H,6-7,9H2,1H3,(H,15,18). The number of hydrogen-bond acceptors (Lipinski definition) is 3. The smallest absolute Gasteiger partial charge is 0.268 e. The molecule has 1 aromatic carbocycles. The van der Waals surface area contributed by atoms with Gasteiger partial charge in [0.25, 0.3) is 5.91 Å². The lowest BCUT2D eigenvalue weighted by molar-refractivity contribution is 0.0874. The van der Waals surface area contributed by atoms with E-state index in [9.17, 15) is 4.79 Å². The van der Waals surface area contributed by atoms with Crippen molar-refractivity contribution in [1.29, 1.82) is 0 Å². The summed E-state index contributed by atoms with van der Waals surface area (Å²) < 4.78 is 5.02. The fraction of sp³-hybridized carbons (Fsp3) is 0.357. The highest BCUT2D eigenvalue weighted by Crippen LogP contribution is 2.14. The van der Waals surface area contributed by atoms with E-state index in [2.05, 4.69) is 10.3 Å². The maximum absolute atomic E-state index is 12.1. The van der Waals surface area contributed by atoms with E-state index >= 15 is 0 Å². The average Bonchev–Trinajstić information content (AvgIpc) is 2.83. The molecule has 2 rings (SSSR count). The van der Waals surface area contributed by atoms with Crippen LogP contribution in [0.15, 0.2) is 30.3 Å². The van der Waals surface area contributed by atoms with Gasteiger partial charge in [0.15, 0.2) is 0 Å². The SMILES string of the molecule is COCC(CCO)NC(=O)c1cc2ccccc2[nH]1. The van der Waals surface area contributed by atoms with E-state index in [1.807, 2.05) is 30.3 Å². The van der Waals surface area contributed by atoms with Gasteiger partial charge in [0.1, 0.15) is 5.69 Å². The molecular weight excluding hydrogens is 244 g/mol. The van der Waals surface area contributed by atoms with Crippen LogP contribution in [0.1, 0.15) is 16.9 Å². The van der Waals surface area contributed by atoms with E-state index in [0.717, 1.165) is 10.9 Å². The molecule has 0 saturated heterocycles. The largest absolute Gasteiger partial charge is 0.396 e. The minimum Gasteiger partial charge on any atom is -0.396 e. The number of para-hydroxylation sites is 1. The number of ether oxygens (including phenoxy) is 1. The Labute approximate surface area is 111 Å². The molecule has 0 aliphatic carbocycles. The van der Waals surface area contributed by atoms with Crippen LogP contribution >= 0.6 is 0 Å². The number of nitrogens with one attached hydrogen (secondary N) is 2. The predicted molar refractivity (Wildman–Crippen MR) is 73.1 cm³/mol. The normalized spacial score (nSPS) is 12.5. The van der Waals surface area contributed by atoms with Crippen molar-refractivity contribution < 1.29 is 14.6 Å². The summed E-state index contributed by atoms with van der Waals surface area (Å²) in [6, 6.07) is 9.34. The Morgan fingerprint density at radius 3 is 2.95 bits per heavy atom. The Morgan fingerprint density at radius 2 is 2.26 bits per heavy atom. The van der Waals surface area contributed by atoms with Gasteiger partial charge >= 0.3 is 0 Å².